The maximum atomic E-state index is 9.31. The molecule has 0 amide bonds. The number of ether oxygens (including phenoxy) is 1. The van der Waals surface area contributed by atoms with E-state index in [4.69, 9.17) is 4.74 Å². The number of rotatable bonds is 7. The average Bonchev–Trinajstić information content (AvgIpc) is 3.06. The second-order valence-corrected chi connectivity index (χ2v) is 6.05. The lowest BCUT2D eigenvalue weighted by atomic mass is 10.1. The molecule has 0 spiro atoms. The normalized spacial score (nSPS) is 11.0. The number of methoxy groups -OCH3 is 1. The summed E-state index contributed by atoms with van der Waals surface area (Å²) in [4.78, 5) is 11.5. The summed E-state index contributed by atoms with van der Waals surface area (Å²) in [7, 11) is 1.64. The van der Waals surface area contributed by atoms with Crippen molar-refractivity contribution >= 4 is 27.4 Å². The van der Waals surface area contributed by atoms with Gasteiger partial charge in [-0.25, -0.2) is 9.97 Å². The van der Waals surface area contributed by atoms with Gasteiger partial charge < -0.3 is 19.8 Å². The van der Waals surface area contributed by atoms with E-state index in [2.05, 4.69) is 15.3 Å². The number of fused-ring (bicyclic) bond motifs is 1. The highest BCUT2D eigenvalue weighted by Crippen LogP contribution is 2.38. The molecule has 3 aromatic rings. The third-order valence-electron chi connectivity index (χ3n) is 3.79. The van der Waals surface area contributed by atoms with Crippen LogP contribution in [0.4, 0.5) is 5.82 Å². The average molecular weight is 345 g/mol. The Balaban J connectivity index is 2.11. The number of hydrogen-bond acceptors (Lipinski definition) is 7. The van der Waals surface area contributed by atoms with E-state index >= 15 is 0 Å². The number of benzene rings is 1. The van der Waals surface area contributed by atoms with Gasteiger partial charge in [-0.05, 0) is 17.7 Å². The van der Waals surface area contributed by atoms with Crippen molar-refractivity contribution in [2.45, 2.75) is 0 Å². The van der Waals surface area contributed by atoms with E-state index in [-0.39, 0.29) is 13.2 Å². The smallest absolute Gasteiger partial charge is 0.141 e. The standard InChI is InChI=1S/C17H19N3O3S/c1-23-13-4-2-12(3-5-13)14-10-24-17-15(14)16(18-11-19-17)20(6-8-21)7-9-22/h2-5,10-11,21-22H,6-9H2,1H3. The van der Waals surface area contributed by atoms with Gasteiger partial charge in [0.15, 0.2) is 0 Å². The van der Waals surface area contributed by atoms with Gasteiger partial charge in [0.25, 0.3) is 0 Å². The van der Waals surface area contributed by atoms with Crippen LogP contribution >= 0.6 is 11.3 Å². The van der Waals surface area contributed by atoms with Crippen LogP contribution in [0.15, 0.2) is 36.0 Å². The third-order valence-corrected chi connectivity index (χ3v) is 4.68. The molecule has 0 atom stereocenters. The maximum Gasteiger partial charge on any atom is 0.141 e. The summed E-state index contributed by atoms with van der Waals surface area (Å²) in [5.74, 6) is 1.53. The molecule has 0 fully saturated rings. The zero-order chi connectivity index (χ0) is 16.9. The fourth-order valence-corrected chi connectivity index (χ4v) is 3.56. The van der Waals surface area contributed by atoms with Crippen molar-refractivity contribution < 1.29 is 14.9 Å². The number of hydrogen-bond donors (Lipinski definition) is 2. The lowest BCUT2D eigenvalue weighted by molar-refractivity contribution is 0.281. The molecule has 0 aliphatic carbocycles. The number of nitrogens with zero attached hydrogens (tertiary/aromatic N) is 3. The van der Waals surface area contributed by atoms with E-state index in [1.165, 1.54) is 6.33 Å². The highest BCUT2D eigenvalue weighted by atomic mass is 32.1. The predicted octanol–water partition coefficient (Wildman–Crippen LogP) is 2.16. The van der Waals surface area contributed by atoms with Crippen molar-refractivity contribution in [2.24, 2.45) is 0 Å². The first-order chi connectivity index (χ1) is 11.8. The maximum absolute atomic E-state index is 9.31. The Morgan fingerprint density at radius 2 is 1.79 bits per heavy atom. The van der Waals surface area contributed by atoms with Crippen LogP contribution in [-0.4, -0.2) is 53.6 Å². The molecule has 0 radical (unpaired) electrons. The summed E-state index contributed by atoms with van der Waals surface area (Å²) in [6.45, 7) is 0.802. The molecule has 0 saturated heterocycles. The molecule has 2 aromatic heterocycles. The quantitative estimate of drug-likeness (QED) is 0.683. The van der Waals surface area contributed by atoms with Crippen molar-refractivity contribution in [3.8, 4) is 16.9 Å². The van der Waals surface area contributed by atoms with Crippen molar-refractivity contribution in [3.05, 3.63) is 36.0 Å². The zero-order valence-electron chi connectivity index (χ0n) is 13.3. The van der Waals surface area contributed by atoms with Crippen molar-refractivity contribution in [1.29, 1.82) is 0 Å². The monoisotopic (exact) mass is 345 g/mol. The summed E-state index contributed by atoms with van der Waals surface area (Å²) in [6, 6.07) is 7.84. The minimum Gasteiger partial charge on any atom is -0.497 e. The molecule has 0 aliphatic heterocycles. The molecule has 0 bridgehead atoms. The van der Waals surface area contributed by atoms with Crippen LogP contribution < -0.4 is 9.64 Å². The van der Waals surface area contributed by atoms with Crippen molar-refractivity contribution in [2.75, 3.05) is 38.3 Å². The van der Waals surface area contributed by atoms with Crippen LogP contribution in [0.25, 0.3) is 21.3 Å². The Kier molecular flexibility index (Phi) is 5.24. The Morgan fingerprint density at radius 3 is 2.42 bits per heavy atom. The van der Waals surface area contributed by atoms with Gasteiger partial charge in [-0.2, -0.15) is 0 Å². The lowest BCUT2D eigenvalue weighted by Gasteiger charge is -2.22. The summed E-state index contributed by atoms with van der Waals surface area (Å²) in [5, 5.41) is 21.6. The number of thiophene rings is 1. The molecule has 1 aromatic carbocycles. The second-order valence-electron chi connectivity index (χ2n) is 5.19. The van der Waals surface area contributed by atoms with E-state index < -0.39 is 0 Å². The molecule has 126 valence electrons. The minimum absolute atomic E-state index is 0.00645. The summed E-state index contributed by atoms with van der Waals surface area (Å²) < 4.78 is 5.21. The first-order valence-corrected chi connectivity index (χ1v) is 8.49. The van der Waals surface area contributed by atoms with Crippen LogP contribution in [0.1, 0.15) is 0 Å². The van der Waals surface area contributed by atoms with Gasteiger partial charge in [-0.1, -0.05) is 12.1 Å². The van der Waals surface area contributed by atoms with Gasteiger partial charge in [0.05, 0.1) is 25.7 Å². The van der Waals surface area contributed by atoms with E-state index in [0.29, 0.717) is 13.1 Å². The SMILES string of the molecule is COc1ccc(-c2csc3ncnc(N(CCO)CCO)c23)cc1. The van der Waals surface area contributed by atoms with E-state index in [0.717, 1.165) is 32.9 Å². The first kappa shape index (κ1) is 16.6. The van der Waals surface area contributed by atoms with Crippen LogP contribution in [-0.2, 0) is 0 Å². The lowest BCUT2D eigenvalue weighted by Crippen LogP contribution is -2.30. The Hall–Kier alpha value is -2.22. The molecule has 24 heavy (non-hydrogen) atoms. The molecule has 3 rings (SSSR count). The fraction of sp³-hybridized carbons (Fsp3) is 0.294. The summed E-state index contributed by atoms with van der Waals surface area (Å²) >= 11 is 1.55. The first-order valence-electron chi connectivity index (χ1n) is 7.61. The second kappa shape index (κ2) is 7.57. The van der Waals surface area contributed by atoms with Gasteiger partial charge in [0.2, 0.25) is 0 Å². The molecule has 7 heteroatoms. The van der Waals surface area contributed by atoms with Gasteiger partial charge in [0, 0.05) is 24.0 Å². The number of aromatic nitrogens is 2. The molecular weight excluding hydrogens is 326 g/mol. The van der Waals surface area contributed by atoms with E-state index in [1.54, 1.807) is 18.4 Å². The topological polar surface area (TPSA) is 78.7 Å². The van der Waals surface area contributed by atoms with Crippen molar-refractivity contribution in [1.82, 2.24) is 9.97 Å². The van der Waals surface area contributed by atoms with Crippen LogP contribution in [0, 0.1) is 0 Å². The van der Waals surface area contributed by atoms with Gasteiger partial charge in [-0.3, -0.25) is 0 Å². The predicted molar refractivity (Wildman–Crippen MR) is 95.8 cm³/mol. The van der Waals surface area contributed by atoms with Crippen LogP contribution in [0.3, 0.4) is 0 Å². The molecule has 6 nitrogen and oxygen atoms in total. The Morgan fingerprint density at radius 1 is 1.08 bits per heavy atom. The third kappa shape index (κ3) is 3.19. The molecule has 0 unspecified atom stereocenters. The van der Waals surface area contributed by atoms with Crippen molar-refractivity contribution in [3.63, 3.8) is 0 Å². The molecule has 0 saturated carbocycles. The highest BCUT2D eigenvalue weighted by molar-refractivity contribution is 7.17. The van der Waals surface area contributed by atoms with Crippen LogP contribution in [0.2, 0.25) is 0 Å². The largest absolute Gasteiger partial charge is 0.497 e. The molecule has 2 N–H and O–H groups in total. The highest BCUT2D eigenvalue weighted by Gasteiger charge is 2.17. The van der Waals surface area contributed by atoms with E-state index in [9.17, 15) is 10.2 Å². The molecule has 0 aliphatic rings. The van der Waals surface area contributed by atoms with Crippen LogP contribution in [0.5, 0.6) is 5.75 Å². The number of aliphatic hydroxyl groups is 2. The van der Waals surface area contributed by atoms with Gasteiger partial charge >= 0.3 is 0 Å². The number of aliphatic hydroxyl groups excluding tert-OH is 2. The summed E-state index contributed by atoms with van der Waals surface area (Å²) in [6.07, 6.45) is 1.52. The van der Waals surface area contributed by atoms with Gasteiger partial charge in [-0.15, -0.1) is 11.3 Å². The Labute approximate surface area is 144 Å². The number of anilines is 1. The minimum atomic E-state index is -0.00645. The fourth-order valence-electron chi connectivity index (χ4n) is 2.65. The molecule has 2 heterocycles. The van der Waals surface area contributed by atoms with Gasteiger partial charge in [0.1, 0.15) is 22.7 Å². The Bertz CT molecular complexity index is 798. The zero-order valence-corrected chi connectivity index (χ0v) is 14.2. The molecular formula is C17H19N3O3S. The summed E-state index contributed by atoms with van der Waals surface area (Å²) in [5.41, 5.74) is 2.08. The van der Waals surface area contributed by atoms with E-state index in [1.807, 2.05) is 29.2 Å².